The van der Waals surface area contributed by atoms with Crippen molar-refractivity contribution >= 4 is 0 Å². The van der Waals surface area contributed by atoms with Crippen molar-refractivity contribution in [2.75, 3.05) is 0 Å². The van der Waals surface area contributed by atoms with Crippen molar-refractivity contribution in [3.8, 4) is 0 Å². The molecule has 1 atom stereocenters. The average Bonchev–Trinajstić information content (AvgIpc) is 2.50. The van der Waals surface area contributed by atoms with E-state index < -0.39 is 11.8 Å². The summed E-state index contributed by atoms with van der Waals surface area (Å²) in [5.41, 5.74) is -2.85. The molecule has 0 radical (unpaired) electrons. The van der Waals surface area contributed by atoms with Crippen molar-refractivity contribution in [2.45, 2.75) is 31.5 Å². The summed E-state index contributed by atoms with van der Waals surface area (Å²) in [6.45, 7) is 1.58. The van der Waals surface area contributed by atoms with Crippen molar-refractivity contribution in [1.82, 2.24) is 9.55 Å². The van der Waals surface area contributed by atoms with Crippen LogP contribution in [0, 0.1) is 0 Å². The summed E-state index contributed by atoms with van der Waals surface area (Å²) in [4.78, 5) is 3.57. The smallest absolute Gasteiger partial charge is 0.374 e. The normalized spacial score (nSPS) is 16.4. The van der Waals surface area contributed by atoms with Gasteiger partial charge in [0.1, 0.15) is 5.82 Å². The molecule has 0 aliphatic heterocycles. The van der Waals surface area contributed by atoms with Crippen LogP contribution >= 0.6 is 0 Å². The minimum Gasteiger partial charge on any atom is -0.374 e. The van der Waals surface area contributed by atoms with Gasteiger partial charge in [0.25, 0.3) is 0 Å². The molecule has 86 valence electrons. The van der Waals surface area contributed by atoms with Crippen LogP contribution in [0.4, 0.5) is 13.2 Å². The second-order valence-electron chi connectivity index (χ2n) is 3.47. The molecule has 0 spiro atoms. The predicted molar refractivity (Wildman–Crippen MR) is 48.1 cm³/mol. The van der Waals surface area contributed by atoms with Crippen LogP contribution < -0.4 is 0 Å². The largest absolute Gasteiger partial charge is 0.424 e. The Morgan fingerprint density at radius 1 is 1.47 bits per heavy atom. The molecule has 1 aromatic heterocycles. The van der Waals surface area contributed by atoms with Gasteiger partial charge in [0.05, 0.1) is 0 Å². The van der Waals surface area contributed by atoms with Crippen LogP contribution in [-0.2, 0) is 12.6 Å². The number of aromatic nitrogens is 2. The Bertz CT molecular complexity index is 334. The number of alkyl halides is 3. The molecule has 1 rings (SSSR count). The molecular formula is C9H13F3N2O. The molecule has 1 unspecified atom stereocenters. The number of imidazole rings is 1. The highest BCUT2D eigenvalue weighted by molar-refractivity contribution is 5.08. The molecule has 0 aromatic carbocycles. The zero-order valence-corrected chi connectivity index (χ0v) is 8.54. The molecule has 15 heavy (non-hydrogen) atoms. The second kappa shape index (κ2) is 3.84. The third kappa shape index (κ3) is 1.99. The molecule has 3 nitrogen and oxygen atoms in total. The molecule has 0 aliphatic carbocycles. The Balaban J connectivity index is 3.19. The van der Waals surface area contributed by atoms with Gasteiger partial charge in [0, 0.05) is 19.4 Å². The molecule has 0 amide bonds. The number of rotatable bonds is 3. The summed E-state index contributed by atoms with van der Waals surface area (Å²) in [5.74, 6) is -0.364. The van der Waals surface area contributed by atoms with Gasteiger partial charge in [-0.25, -0.2) is 4.98 Å². The molecule has 1 heterocycles. The maximum Gasteiger partial charge on any atom is 0.424 e. The lowest BCUT2D eigenvalue weighted by molar-refractivity contribution is -0.273. The number of hydrogen-bond donors (Lipinski definition) is 1. The van der Waals surface area contributed by atoms with Crippen LogP contribution in [-0.4, -0.2) is 20.8 Å². The topological polar surface area (TPSA) is 38.1 Å². The first-order valence-corrected chi connectivity index (χ1v) is 4.60. The minimum absolute atomic E-state index is 0.225. The van der Waals surface area contributed by atoms with E-state index in [4.69, 9.17) is 0 Å². The monoisotopic (exact) mass is 222 g/mol. The Kier molecular flexibility index (Phi) is 3.08. The van der Waals surface area contributed by atoms with Crippen LogP contribution in [0.5, 0.6) is 0 Å². The van der Waals surface area contributed by atoms with Crippen LogP contribution in [0.3, 0.4) is 0 Å². The van der Waals surface area contributed by atoms with E-state index in [0.29, 0.717) is 0 Å². The Labute approximate surface area is 85.6 Å². The minimum atomic E-state index is -4.71. The molecule has 6 heteroatoms. The van der Waals surface area contributed by atoms with Gasteiger partial charge in [-0.2, -0.15) is 13.2 Å². The van der Waals surface area contributed by atoms with Crippen LogP contribution in [0.2, 0.25) is 0 Å². The average molecular weight is 222 g/mol. The Hall–Kier alpha value is -1.04. The number of hydrogen-bond acceptors (Lipinski definition) is 2. The van der Waals surface area contributed by atoms with Gasteiger partial charge in [0.15, 0.2) is 0 Å². The standard InChI is InChI=1S/C9H13F3N2O/c1-3-4-8(15,9(10,11)12)7-13-5-6-14(7)2/h5-6,15H,3-4H2,1-2H3. The van der Waals surface area contributed by atoms with Crippen molar-refractivity contribution in [1.29, 1.82) is 0 Å². The van der Waals surface area contributed by atoms with E-state index >= 15 is 0 Å². The third-order valence-corrected chi connectivity index (χ3v) is 2.27. The fraction of sp³-hybridized carbons (Fsp3) is 0.667. The van der Waals surface area contributed by atoms with Gasteiger partial charge in [0.2, 0.25) is 5.60 Å². The first-order valence-electron chi connectivity index (χ1n) is 4.60. The maximum atomic E-state index is 12.7. The lowest BCUT2D eigenvalue weighted by Gasteiger charge is -2.29. The van der Waals surface area contributed by atoms with Gasteiger partial charge in [-0.1, -0.05) is 13.3 Å². The first kappa shape index (κ1) is 12.0. The fourth-order valence-electron chi connectivity index (χ4n) is 1.51. The van der Waals surface area contributed by atoms with Gasteiger partial charge < -0.3 is 9.67 Å². The van der Waals surface area contributed by atoms with E-state index in [1.165, 1.54) is 24.0 Å². The maximum absolute atomic E-state index is 12.7. The summed E-state index contributed by atoms with van der Waals surface area (Å²) in [7, 11) is 1.43. The predicted octanol–water partition coefficient (Wildman–Crippen LogP) is 1.97. The van der Waals surface area contributed by atoms with E-state index in [1.54, 1.807) is 6.92 Å². The van der Waals surface area contributed by atoms with E-state index in [0.717, 1.165) is 0 Å². The Morgan fingerprint density at radius 2 is 2.07 bits per heavy atom. The van der Waals surface area contributed by atoms with E-state index in [-0.39, 0.29) is 18.7 Å². The molecule has 0 fully saturated rings. The molecule has 0 saturated carbocycles. The molecular weight excluding hydrogens is 209 g/mol. The van der Waals surface area contributed by atoms with Gasteiger partial charge in [-0.05, 0) is 6.42 Å². The number of halogens is 3. The molecule has 1 aromatic rings. The molecule has 0 saturated heterocycles. The van der Waals surface area contributed by atoms with Crippen LogP contribution in [0.1, 0.15) is 25.6 Å². The number of aliphatic hydroxyl groups is 1. The van der Waals surface area contributed by atoms with Crippen LogP contribution in [0.25, 0.3) is 0 Å². The molecule has 0 bridgehead atoms. The lowest BCUT2D eigenvalue weighted by atomic mass is 9.96. The van der Waals surface area contributed by atoms with Crippen molar-refractivity contribution in [3.63, 3.8) is 0 Å². The summed E-state index contributed by atoms with van der Waals surface area (Å²) in [6, 6.07) is 0. The summed E-state index contributed by atoms with van der Waals surface area (Å²) in [6.07, 6.45) is -2.25. The van der Waals surface area contributed by atoms with Gasteiger partial charge in [-0.15, -0.1) is 0 Å². The highest BCUT2D eigenvalue weighted by Gasteiger charge is 2.56. The van der Waals surface area contributed by atoms with Gasteiger partial charge in [-0.3, -0.25) is 0 Å². The summed E-state index contributed by atoms with van der Waals surface area (Å²) < 4.78 is 39.4. The third-order valence-electron chi connectivity index (χ3n) is 2.27. The highest BCUT2D eigenvalue weighted by atomic mass is 19.4. The first-order chi connectivity index (χ1) is 6.83. The lowest BCUT2D eigenvalue weighted by Crippen LogP contribution is -2.44. The quantitative estimate of drug-likeness (QED) is 0.849. The number of nitrogens with zero attached hydrogens (tertiary/aromatic N) is 2. The second-order valence-corrected chi connectivity index (χ2v) is 3.47. The van der Waals surface area contributed by atoms with E-state index in [2.05, 4.69) is 4.98 Å². The summed E-state index contributed by atoms with van der Waals surface area (Å²) >= 11 is 0. The SMILES string of the molecule is CCCC(O)(c1nccn1C)C(F)(F)F. The molecule has 1 N–H and O–H groups in total. The van der Waals surface area contributed by atoms with Crippen molar-refractivity contribution < 1.29 is 18.3 Å². The highest BCUT2D eigenvalue weighted by Crippen LogP contribution is 2.41. The zero-order valence-electron chi connectivity index (χ0n) is 8.54. The van der Waals surface area contributed by atoms with E-state index in [9.17, 15) is 18.3 Å². The fourth-order valence-corrected chi connectivity index (χ4v) is 1.51. The number of aryl methyl sites for hydroxylation is 1. The van der Waals surface area contributed by atoms with Crippen molar-refractivity contribution in [3.05, 3.63) is 18.2 Å². The van der Waals surface area contributed by atoms with Crippen molar-refractivity contribution in [2.24, 2.45) is 7.05 Å². The Morgan fingerprint density at radius 3 is 2.40 bits per heavy atom. The molecule has 0 aliphatic rings. The van der Waals surface area contributed by atoms with E-state index in [1.807, 2.05) is 0 Å². The van der Waals surface area contributed by atoms with Crippen LogP contribution in [0.15, 0.2) is 12.4 Å². The summed E-state index contributed by atoms with van der Waals surface area (Å²) in [5, 5.41) is 9.68. The van der Waals surface area contributed by atoms with Gasteiger partial charge >= 0.3 is 6.18 Å². The zero-order chi connectivity index (χ0) is 11.7.